The summed E-state index contributed by atoms with van der Waals surface area (Å²) in [6, 6.07) is 0.550. The summed E-state index contributed by atoms with van der Waals surface area (Å²) in [6.07, 6.45) is 10.3. The van der Waals surface area contributed by atoms with Crippen LogP contribution in [0.1, 0.15) is 39.5 Å². The number of rotatable bonds is 3. The molecule has 0 unspecified atom stereocenters. The number of terminal acetylenes is 1. The number of halogens is 1. The third-order valence-electron chi connectivity index (χ3n) is 3.64. The van der Waals surface area contributed by atoms with Crippen molar-refractivity contribution in [2.24, 2.45) is 16.8 Å². The second-order valence-electron chi connectivity index (χ2n) is 5.13. The summed E-state index contributed by atoms with van der Waals surface area (Å²) in [5.41, 5.74) is 0. The Morgan fingerprint density at radius 2 is 1.94 bits per heavy atom. The molecular formula is C14H26IN3. The first-order valence-corrected chi connectivity index (χ1v) is 6.58. The molecule has 1 saturated carbocycles. The minimum Gasteiger partial charge on any atom is -0.354 e. The summed E-state index contributed by atoms with van der Waals surface area (Å²) in [5, 5.41) is 6.55. The van der Waals surface area contributed by atoms with E-state index in [-0.39, 0.29) is 24.0 Å². The summed E-state index contributed by atoms with van der Waals surface area (Å²) >= 11 is 0. The Balaban J connectivity index is 0.00000289. The lowest BCUT2D eigenvalue weighted by molar-refractivity contribution is 0.250. The summed E-state index contributed by atoms with van der Waals surface area (Å²) in [7, 11) is 1.78. The van der Waals surface area contributed by atoms with Gasteiger partial charge in [0.1, 0.15) is 0 Å². The van der Waals surface area contributed by atoms with Gasteiger partial charge in [-0.05, 0) is 37.5 Å². The number of hydrogen-bond acceptors (Lipinski definition) is 1. The monoisotopic (exact) mass is 363 g/mol. The molecule has 0 atom stereocenters. The van der Waals surface area contributed by atoms with E-state index in [0.717, 1.165) is 17.8 Å². The van der Waals surface area contributed by atoms with Gasteiger partial charge in [-0.1, -0.05) is 19.8 Å². The average molecular weight is 363 g/mol. The van der Waals surface area contributed by atoms with Gasteiger partial charge < -0.3 is 10.6 Å². The molecular weight excluding hydrogens is 337 g/mol. The van der Waals surface area contributed by atoms with Crippen molar-refractivity contribution in [2.45, 2.75) is 45.6 Å². The molecule has 1 aliphatic carbocycles. The molecule has 2 N–H and O–H groups in total. The van der Waals surface area contributed by atoms with Crippen molar-refractivity contribution < 1.29 is 0 Å². The van der Waals surface area contributed by atoms with Crippen LogP contribution in [-0.4, -0.2) is 25.6 Å². The fourth-order valence-corrected chi connectivity index (χ4v) is 2.45. The summed E-state index contributed by atoms with van der Waals surface area (Å²) < 4.78 is 0. The SMILES string of the molecule is C#CCNC(=NC)NC1CCC(C(C)C)CC1.I. The molecule has 18 heavy (non-hydrogen) atoms. The van der Waals surface area contributed by atoms with Crippen molar-refractivity contribution in [3.63, 3.8) is 0 Å². The Bertz CT molecular complexity index is 286. The van der Waals surface area contributed by atoms with Crippen LogP contribution in [0, 0.1) is 24.2 Å². The van der Waals surface area contributed by atoms with Crippen LogP contribution in [-0.2, 0) is 0 Å². The van der Waals surface area contributed by atoms with Crippen LogP contribution in [0.4, 0.5) is 0 Å². The highest BCUT2D eigenvalue weighted by Gasteiger charge is 2.23. The zero-order valence-electron chi connectivity index (χ0n) is 11.7. The van der Waals surface area contributed by atoms with Gasteiger partial charge in [0.05, 0.1) is 6.54 Å². The first-order valence-electron chi connectivity index (χ1n) is 6.58. The molecule has 0 bridgehead atoms. The molecule has 0 radical (unpaired) electrons. The van der Waals surface area contributed by atoms with E-state index in [1.165, 1.54) is 25.7 Å². The van der Waals surface area contributed by atoms with Gasteiger partial charge >= 0.3 is 0 Å². The Labute approximate surface area is 129 Å². The second-order valence-corrected chi connectivity index (χ2v) is 5.13. The van der Waals surface area contributed by atoms with E-state index in [1.54, 1.807) is 7.05 Å². The van der Waals surface area contributed by atoms with Crippen LogP contribution in [0.15, 0.2) is 4.99 Å². The van der Waals surface area contributed by atoms with Crippen molar-refractivity contribution in [3.05, 3.63) is 0 Å². The van der Waals surface area contributed by atoms with Crippen molar-refractivity contribution in [1.82, 2.24) is 10.6 Å². The number of nitrogens with one attached hydrogen (secondary N) is 2. The number of guanidine groups is 1. The molecule has 104 valence electrons. The molecule has 0 aromatic rings. The van der Waals surface area contributed by atoms with E-state index in [4.69, 9.17) is 6.42 Å². The second kappa shape index (κ2) is 9.48. The number of nitrogens with zero attached hydrogens (tertiary/aromatic N) is 1. The predicted octanol–water partition coefficient (Wildman–Crippen LogP) is 2.62. The molecule has 0 spiro atoms. The zero-order valence-corrected chi connectivity index (χ0v) is 14.0. The zero-order chi connectivity index (χ0) is 12.7. The molecule has 0 saturated heterocycles. The minimum atomic E-state index is 0. The lowest BCUT2D eigenvalue weighted by Crippen LogP contribution is -2.45. The van der Waals surface area contributed by atoms with E-state index in [2.05, 4.69) is 35.4 Å². The lowest BCUT2D eigenvalue weighted by atomic mass is 9.80. The van der Waals surface area contributed by atoms with Crippen LogP contribution in [0.3, 0.4) is 0 Å². The van der Waals surface area contributed by atoms with Gasteiger partial charge in [-0.25, -0.2) is 0 Å². The van der Waals surface area contributed by atoms with E-state index < -0.39 is 0 Å². The highest BCUT2D eigenvalue weighted by molar-refractivity contribution is 14.0. The summed E-state index contributed by atoms with van der Waals surface area (Å²) in [5.74, 6) is 5.10. The summed E-state index contributed by atoms with van der Waals surface area (Å²) in [6.45, 7) is 5.18. The maximum Gasteiger partial charge on any atom is 0.191 e. The van der Waals surface area contributed by atoms with Crippen LogP contribution >= 0.6 is 24.0 Å². The Morgan fingerprint density at radius 1 is 1.33 bits per heavy atom. The third-order valence-corrected chi connectivity index (χ3v) is 3.64. The van der Waals surface area contributed by atoms with E-state index >= 15 is 0 Å². The maximum atomic E-state index is 5.22. The smallest absolute Gasteiger partial charge is 0.191 e. The highest BCUT2D eigenvalue weighted by Crippen LogP contribution is 2.29. The average Bonchev–Trinajstić information content (AvgIpc) is 2.35. The van der Waals surface area contributed by atoms with Crippen molar-refractivity contribution >= 4 is 29.9 Å². The number of hydrogen-bond donors (Lipinski definition) is 2. The largest absolute Gasteiger partial charge is 0.354 e. The van der Waals surface area contributed by atoms with Crippen molar-refractivity contribution in [1.29, 1.82) is 0 Å². The van der Waals surface area contributed by atoms with Gasteiger partial charge in [-0.3, -0.25) is 4.99 Å². The first kappa shape index (κ1) is 17.6. The van der Waals surface area contributed by atoms with Crippen LogP contribution in [0.25, 0.3) is 0 Å². The van der Waals surface area contributed by atoms with Crippen LogP contribution in [0.2, 0.25) is 0 Å². The Morgan fingerprint density at radius 3 is 2.39 bits per heavy atom. The van der Waals surface area contributed by atoms with Crippen LogP contribution < -0.4 is 10.6 Å². The van der Waals surface area contributed by atoms with Crippen molar-refractivity contribution in [2.75, 3.05) is 13.6 Å². The van der Waals surface area contributed by atoms with Gasteiger partial charge in [0, 0.05) is 13.1 Å². The Kier molecular flexibility index (Phi) is 9.25. The third kappa shape index (κ3) is 5.94. The fourth-order valence-electron chi connectivity index (χ4n) is 2.45. The highest BCUT2D eigenvalue weighted by atomic mass is 127. The molecule has 0 aliphatic heterocycles. The van der Waals surface area contributed by atoms with Gasteiger partial charge in [0.25, 0.3) is 0 Å². The Hall–Kier alpha value is -0.440. The quantitative estimate of drug-likeness (QED) is 0.350. The van der Waals surface area contributed by atoms with E-state index in [1.807, 2.05) is 0 Å². The fraction of sp³-hybridized carbons (Fsp3) is 0.786. The topological polar surface area (TPSA) is 36.4 Å². The standard InChI is InChI=1S/C14H25N3.HI/c1-5-10-16-14(15-4)17-13-8-6-12(7-9-13)11(2)3;/h1,11-13H,6-10H2,2-4H3,(H2,15,16,17);1H. The van der Waals surface area contributed by atoms with E-state index in [9.17, 15) is 0 Å². The molecule has 0 aromatic heterocycles. The molecule has 0 heterocycles. The first-order chi connectivity index (χ1) is 8.17. The van der Waals surface area contributed by atoms with Crippen LogP contribution in [0.5, 0.6) is 0 Å². The molecule has 1 fully saturated rings. The molecule has 3 nitrogen and oxygen atoms in total. The van der Waals surface area contributed by atoms with E-state index in [0.29, 0.717) is 12.6 Å². The summed E-state index contributed by atoms with van der Waals surface area (Å²) in [4.78, 5) is 4.17. The molecule has 1 rings (SSSR count). The van der Waals surface area contributed by atoms with Gasteiger partial charge in [0.2, 0.25) is 0 Å². The lowest BCUT2D eigenvalue weighted by Gasteiger charge is -2.32. The molecule has 0 amide bonds. The van der Waals surface area contributed by atoms with Gasteiger partial charge in [0.15, 0.2) is 5.96 Å². The normalized spacial score (nSPS) is 24.1. The molecule has 1 aliphatic rings. The molecule has 0 aromatic carbocycles. The number of aliphatic imine (C=N–C) groups is 1. The van der Waals surface area contributed by atoms with Gasteiger partial charge in [-0.15, -0.1) is 30.4 Å². The maximum absolute atomic E-state index is 5.22. The van der Waals surface area contributed by atoms with Crippen molar-refractivity contribution in [3.8, 4) is 12.3 Å². The predicted molar refractivity (Wildman–Crippen MR) is 89.3 cm³/mol. The molecule has 4 heteroatoms. The minimum absolute atomic E-state index is 0. The van der Waals surface area contributed by atoms with Gasteiger partial charge in [-0.2, -0.15) is 0 Å².